The monoisotopic (exact) mass is 406 g/mol. The molecule has 1 aromatic carbocycles. The van der Waals surface area contributed by atoms with Gasteiger partial charge in [0, 0.05) is 24.1 Å². The zero-order valence-corrected chi connectivity index (χ0v) is 17.0. The van der Waals surface area contributed by atoms with Gasteiger partial charge in [-0.15, -0.1) is 0 Å². The van der Waals surface area contributed by atoms with Crippen LogP contribution in [0.1, 0.15) is 39.2 Å². The number of nitrogens with zero attached hydrogens (tertiary/aromatic N) is 2. The van der Waals surface area contributed by atoms with E-state index in [4.69, 9.17) is 12.2 Å². The highest BCUT2D eigenvalue weighted by molar-refractivity contribution is 8.23. The van der Waals surface area contributed by atoms with E-state index in [1.54, 1.807) is 0 Å². The maximum Gasteiger partial charge on any atom is 0.448 e. The van der Waals surface area contributed by atoms with Gasteiger partial charge in [0.25, 0.3) is 0 Å². The Labute approximate surface area is 160 Å². The van der Waals surface area contributed by atoms with Crippen LogP contribution in [-0.2, 0) is 0 Å². The maximum atomic E-state index is 12.8. The van der Waals surface area contributed by atoms with Crippen LogP contribution < -0.4 is 0 Å². The highest BCUT2D eigenvalue weighted by Gasteiger charge is 2.38. The van der Waals surface area contributed by atoms with E-state index < -0.39 is 5.51 Å². The molecule has 138 valence electrons. The average Bonchev–Trinajstić information content (AvgIpc) is 2.47. The SMILES string of the molecule is CC(C)c1ccccc1N=C1SCC(C)(C)CN1C(=S)SC(F)(F)F. The summed E-state index contributed by atoms with van der Waals surface area (Å²) in [6.07, 6.45) is 0. The van der Waals surface area contributed by atoms with E-state index in [-0.39, 0.29) is 27.4 Å². The number of hydrogen-bond acceptors (Lipinski definition) is 4. The Morgan fingerprint density at radius 3 is 2.56 bits per heavy atom. The van der Waals surface area contributed by atoms with Crippen LogP contribution in [0.15, 0.2) is 29.3 Å². The lowest BCUT2D eigenvalue weighted by Gasteiger charge is -2.39. The van der Waals surface area contributed by atoms with E-state index in [1.807, 2.05) is 38.1 Å². The van der Waals surface area contributed by atoms with Crippen molar-refractivity contribution in [1.29, 1.82) is 0 Å². The summed E-state index contributed by atoms with van der Waals surface area (Å²) >= 11 is 6.28. The molecule has 25 heavy (non-hydrogen) atoms. The van der Waals surface area contributed by atoms with E-state index in [1.165, 1.54) is 16.7 Å². The molecule has 1 aromatic rings. The molecule has 0 saturated carbocycles. The second kappa shape index (κ2) is 7.88. The number of rotatable bonds is 2. The van der Waals surface area contributed by atoms with Crippen LogP contribution in [0.25, 0.3) is 0 Å². The molecule has 1 aliphatic rings. The third kappa shape index (κ3) is 5.89. The van der Waals surface area contributed by atoms with E-state index >= 15 is 0 Å². The molecule has 0 N–H and O–H groups in total. The largest absolute Gasteiger partial charge is 0.448 e. The molecule has 1 fully saturated rings. The number of amidine groups is 1. The van der Waals surface area contributed by atoms with E-state index in [9.17, 15) is 13.2 Å². The van der Waals surface area contributed by atoms with Gasteiger partial charge in [0.15, 0.2) is 9.49 Å². The van der Waals surface area contributed by atoms with Gasteiger partial charge in [-0.1, -0.05) is 69.9 Å². The number of benzene rings is 1. The van der Waals surface area contributed by atoms with Gasteiger partial charge in [0.05, 0.1) is 5.69 Å². The number of para-hydroxylation sites is 1. The van der Waals surface area contributed by atoms with E-state index in [0.29, 0.717) is 11.7 Å². The van der Waals surface area contributed by atoms with Crippen molar-refractivity contribution in [3.63, 3.8) is 0 Å². The standard InChI is InChI=1S/C17H21F3N2S3/c1-11(2)12-7-5-6-8-13(12)21-14-22(9-16(3,4)10-24-14)15(23)25-17(18,19)20/h5-8,11H,9-10H2,1-4H3. The van der Waals surface area contributed by atoms with E-state index in [0.717, 1.165) is 17.0 Å². The van der Waals surface area contributed by atoms with Crippen LogP contribution in [-0.4, -0.2) is 32.2 Å². The smallest absolute Gasteiger partial charge is 0.306 e. The molecule has 0 atom stereocenters. The first kappa shape index (κ1) is 20.6. The maximum absolute atomic E-state index is 12.8. The summed E-state index contributed by atoms with van der Waals surface area (Å²) in [7, 11) is 0. The summed E-state index contributed by atoms with van der Waals surface area (Å²) in [5, 5.41) is 0.536. The number of thioether (sulfide) groups is 2. The van der Waals surface area contributed by atoms with Gasteiger partial charge in [-0.05, 0) is 23.0 Å². The van der Waals surface area contributed by atoms with Gasteiger partial charge in [-0.3, -0.25) is 0 Å². The summed E-state index contributed by atoms with van der Waals surface area (Å²) in [6.45, 7) is 8.60. The van der Waals surface area contributed by atoms with Crippen LogP contribution in [0.3, 0.4) is 0 Å². The number of thiocarbonyl (C=S) groups is 1. The second-order valence-electron chi connectivity index (χ2n) is 6.96. The van der Waals surface area contributed by atoms with E-state index in [2.05, 4.69) is 18.8 Å². The molecule has 1 saturated heterocycles. The first-order valence-corrected chi connectivity index (χ1v) is 10.1. The summed E-state index contributed by atoms with van der Waals surface area (Å²) < 4.78 is 38.1. The van der Waals surface area contributed by atoms with Crippen LogP contribution in [0.2, 0.25) is 0 Å². The number of alkyl halides is 3. The Morgan fingerprint density at radius 2 is 1.96 bits per heavy atom. The predicted molar refractivity (Wildman–Crippen MR) is 107 cm³/mol. The molecule has 0 unspecified atom stereocenters. The Balaban J connectivity index is 2.38. The Hall–Kier alpha value is -0.730. The molecule has 0 aromatic heterocycles. The highest BCUT2D eigenvalue weighted by atomic mass is 32.2. The zero-order chi connectivity index (χ0) is 18.8. The Kier molecular flexibility index (Phi) is 6.49. The van der Waals surface area contributed by atoms with Crippen LogP contribution in [0.5, 0.6) is 0 Å². The summed E-state index contributed by atoms with van der Waals surface area (Å²) in [5.74, 6) is 1.06. The van der Waals surface area contributed by atoms with Crippen molar-refractivity contribution in [1.82, 2.24) is 4.90 Å². The lowest BCUT2D eigenvalue weighted by molar-refractivity contribution is -0.0317. The fraction of sp³-hybridized carbons (Fsp3) is 0.529. The quantitative estimate of drug-likeness (QED) is 0.527. The van der Waals surface area contributed by atoms with Gasteiger partial charge in [0.1, 0.15) is 0 Å². The van der Waals surface area contributed by atoms with Crippen molar-refractivity contribution in [2.24, 2.45) is 10.4 Å². The average molecular weight is 407 g/mol. The van der Waals surface area contributed by atoms with Gasteiger partial charge < -0.3 is 4.90 Å². The minimum Gasteiger partial charge on any atom is -0.306 e. The minimum atomic E-state index is -4.40. The fourth-order valence-electron chi connectivity index (χ4n) is 2.45. The lowest BCUT2D eigenvalue weighted by Crippen LogP contribution is -2.46. The molecule has 2 rings (SSSR count). The van der Waals surface area contributed by atoms with Crippen LogP contribution in [0.4, 0.5) is 18.9 Å². The lowest BCUT2D eigenvalue weighted by atomic mass is 9.96. The summed E-state index contributed by atoms with van der Waals surface area (Å²) in [5.41, 5.74) is -2.69. The van der Waals surface area contributed by atoms with Crippen molar-refractivity contribution < 1.29 is 13.2 Å². The first-order valence-electron chi connectivity index (χ1n) is 7.86. The molecule has 1 aliphatic heterocycles. The summed E-state index contributed by atoms with van der Waals surface area (Å²) in [6, 6.07) is 7.71. The van der Waals surface area contributed by atoms with Crippen molar-refractivity contribution in [3.05, 3.63) is 29.8 Å². The van der Waals surface area contributed by atoms with Crippen molar-refractivity contribution >= 4 is 50.9 Å². The molecular formula is C17H21F3N2S3. The molecule has 1 heterocycles. The second-order valence-corrected chi connectivity index (χ2v) is 9.60. The molecule has 0 bridgehead atoms. The molecule has 0 radical (unpaired) electrons. The summed E-state index contributed by atoms with van der Waals surface area (Å²) in [4.78, 5) is 6.20. The molecule has 2 nitrogen and oxygen atoms in total. The number of hydrogen-bond donors (Lipinski definition) is 0. The minimum absolute atomic E-state index is 0.141. The third-order valence-corrected chi connectivity index (χ3v) is 6.20. The van der Waals surface area contributed by atoms with Gasteiger partial charge in [-0.2, -0.15) is 13.2 Å². The topological polar surface area (TPSA) is 15.6 Å². The third-order valence-electron chi connectivity index (χ3n) is 3.61. The fourth-order valence-corrected chi connectivity index (χ4v) is 4.54. The molecule has 0 aliphatic carbocycles. The first-order chi connectivity index (χ1) is 11.5. The Bertz CT molecular complexity index is 669. The van der Waals surface area contributed by atoms with Crippen molar-refractivity contribution in [2.45, 2.75) is 39.1 Å². The number of halogens is 3. The predicted octanol–water partition coefficient (Wildman–Crippen LogP) is 6.41. The van der Waals surface area contributed by atoms with Gasteiger partial charge in [-0.25, -0.2) is 4.99 Å². The zero-order valence-electron chi connectivity index (χ0n) is 14.6. The highest BCUT2D eigenvalue weighted by Crippen LogP contribution is 2.39. The normalized spacial score (nSPS) is 19.5. The van der Waals surface area contributed by atoms with Crippen molar-refractivity contribution in [2.75, 3.05) is 12.3 Å². The molecule has 0 spiro atoms. The number of aliphatic imine (C=N–C) groups is 1. The molecule has 0 amide bonds. The van der Waals surface area contributed by atoms with Gasteiger partial charge in [0.2, 0.25) is 0 Å². The molecule has 8 heteroatoms. The Morgan fingerprint density at radius 1 is 1.32 bits per heavy atom. The van der Waals surface area contributed by atoms with Gasteiger partial charge >= 0.3 is 5.51 Å². The van der Waals surface area contributed by atoms with Crippen molar-refractivity contribution in [3.8, 4) is 0 Å². The molecular weight excluding hydrogens is 385 g/mol. The van der Waals surface area contributed by atoms with Crippen LogP contribution >= 0.6 is 35.7 Å². The van der Waals surface area contributed by atoms with Crippen LogP contribution in [0, 0.1) is 5.41 Å².